The second-order valence-electron chi connectivity index (χ2n) is 9.15. The second-order valence-corrected chi connectivity index (χ2v) is 9.15. The Morgan fingerprint density at radius 2 is 2.03 bits per heavy atom. The van der Waals surface area contributed by atoms with E-state index >= 15 is 0 Å². The summed E-state index contributed by atoms with van der Waals surface area (Å²) in [4.78, 5) is 31.7. The van der Waals surface area contributed by atoms with Gasteiger partial charge >= 0.3 is 0 Å². The fraction of sp³-hybridized carbons (Fsp3) is 0.583. The van der Waals surface area contributed by atoms with Crippen molar-refractivity contribution in [3.05, 3.63) is 36.2 Å². The average Bonchev–Trinajstić information content (AvgIpc) is 3.61. The van der Waals surface area contributed by atoms with Crippen LogP contribution in [0.2, 0.25) is 0 Å². The zero-order valence-corrected chi connectivity index (χ0v) is 18.0. The Hall–Kier alpha value is -2.70. The molecule has 2 fully saturated rings. The van der Waals surface area contributed by atoms with Crippen molar-refractivity contribution in [2.45, 2.75) is 57.4 Å². The monoisotopic (exact) mass is 421 g/mol. The summed E-state index contributed by atoms with van der Waals surface area (Å²) in [6, 6.07) is 4.03. The van der Waals surface area contributed by atoms with Gasteiger partial charge in [0.25, 0.3) is 0 Å². The normalized spacial score (nSPS) is 23.8. The standard InChI is InChI=1S/C24H31N5O2/c30-23(17-10-11-17)26-13-15-29-22-20(9-4-12-25-22)21(27-29)19-8-5-14-28(16-19)24(31)18-6-2-1-3-7-18/h1-2,4,9,12,17-19H,3,5-8,10-11,13-16H2,(H,26,30)/t18-,19-/m0/s1. The van der Waals surface area contributed by atoms with Crippen LogP contribution in [0.15, 0.2) is 30.5 Å². The topological polar surface area (TPSA) is 80.1 Å². The molecule has 0 unspecified atom stereocenters. The number of rotatable bonds is 6. The van der Waals surface area contributed by atoms with Gasteiger partial charge in [-0.15, -0.1) is 0 Å². The van der Waals surface area contributed by atoms with Crippen LogP contribution >= 0.6 is 0 Å². The molecule has 2 amide bonds. The van der Waals surface area contributed by atoms with Crippen LogP contribution in [0.3, 0.4) is 0 Å². The van der Waals surface area contributed by atoms with Gasteiger partial charge in [0.15, 0.2) is 5.65 Å². The van der Waals surface area contributed by atoms with Crippen LogP contribution in [0.4, 0.5) is 0 Å². The number of amides is 2. The maximum atomic E-state index is 13.1. The minimum absolute atomic E-state index is 0.134. The van der Waals surface area contributed by atoms with E-state index in [0.717, 1.165) is 74.8 Å². The largest absolute Gasteiger partial charge is 0.354 e. The molecule has 0 spiro atoms. The van der Waals surface area contributed by atoms with Gasteiger partial charge in [0, 0.05) is 49.0 Å². The number of piperidine rings is 1. The van der Waals surface area contributed by atoms with Crippen molar-refractivity contribution >= 4 is 22.8 Å². The van der Waals surface area contributed by atoms with Crippen molar-refractivity contribution in [2.75, 3.05) is 19.6 Å². The number of pyridine rings is 1. The van der Waals surface area contributed by atoms with Crippen LogP contribution in [0.5, 0.6) is 0 Å². The third-order valence-electron chi connectivity index (χ3n) is 6.84. The number of nitrogens with one attached hydrogen (secondary N) is 1. The molecule has 0 bridgehead atoms. The molecule has 7 nitrogen and oxygen atoms in total. The SMILES string of the molecule is O=C(NCCn1nc([C@H]2CCCN(C(=O)[C@H]3CC=CCC3)C2)c2cccnc21)C1CC1. The van der Waals surface area contributed by atoms with Crippen molar-refractivity contribution in [1.29, 1.82) is 0 Å². The minimum Gasteiger partial charge on any atom is -0.354 e. The summed E-state index contributed by atoms with van der Waals surface area (Å²) >= 11 is 0. The molecule has 0 aromatic carbocycles. The molecule has 5 rings (SSSR count). The van der Waals surface area contributed by atoms with Crippen LogP contribution in [0.25, 0.3) is 11.0 Å². The lowest BCUT2D eigenvalue weighted by Crippen LogP contribution is -2.42. The van der Waals surface area contributed by atoms with Crippen LogP contribution < -0.4 is 5.32 Å². The Morgan fingerprint density at radius 1 is 1.13 bits per heavy atom. The first-order chi connectivity index (χ1) is 15.2. The highest BCUT2D eigenvalue weighted by Gasteiger charge is 2.32. The van der Waals surface area contributed by atoms with E-state index in [-0.39, 0.29) is 23.7 Å². The summed E-state index contributed by atoms with van der Waals surface area (Å²) < 4.78 is 1.92. The Morgan fingerprint density at radius 3 is 2.84 bits per heavy atom. The average molecular weight is 422 g/mol. The third-order valence-corrected chi connectivity index (χ3v) is 6.84. The first kappa shape index (κ1) is 20.2. The molecule has 3 aliphatic rings. The van der Waals surface area contributed by atoms with E-state index < -0.39 is 0 Å². The lowest BCUT2D eigenvalue weighted by Gasteiger charge is -2.35. The predicted octanol–water partition coefficient (Wildman–Crippen LogP) is 3.02. The van der Waals surface area contributed by atoms with Gasteiger partial charge in [-0.05, 0) is 57.1 Å². The molecule has 1 N–H and O–H groups in total. The van der Waals surface area contributed by atoms with E-state index in [4.69, 9.17) is 5.10 Å². The Kier molecular flexibility index (Phi) is 5.74. The van der Waals surface area contributed by atoms with Crippen LogP contribution in [-0.2, 0) is 16.1 Å². The van der Waals surface area contributed by atoms with Gasteiger partial charge in [0.1, 0.15) is 0 Å². The van der Waals surface area contributed by atoms with E-state index in [9.17, 15) is 9.59 Å². The van der Waals surface area contributed by atoms with Crippen LogP contribution in [0, 0.1) is 11.8 Å². The maximum Gasteiger partial charge on any atom is 0.226 e. The van der Waals surface area contributed by atoms with Crippen molar-refractivity contribution in [1.82, 2.24) is 25.0 Å². The maximum absolute atomic E-state index is 13.1. The third kappa shape index (κ3) is 4.36. The highest BCUT2D eigenvalue weighted by molar-refractivity contribution is 5.81. The van der Waals surface area contributed by atoms with E-state index in [1.807, 2.05) is 10.7 Å². The van der Waals surface area contributed by atoms with Gasteiger partial charge in [-0.25, -0.2) is 9.67 Å². The second kappa shape index (κ2) is 8.81. The van der Waals surface area contributed by atoms with E-state index in [2.05, 4.69) is 33.4 Å². The Balaban J connectivity index is 1.31. The van der Waals surface area contributed by atoms with Crippen LogP contribution in [0.1, 0.15) is 56.6 Å². The molecule has 2 aromatic heterocycles. The quantitative estimate of drug-likeness (QED) is 0.727. The molecule has 0 radical (unpaired) electrons. The van der Waals surface area contributed by atoms with Gasteiger partial charge in [-0.3, -0.25) is 9.59 Å². The smallest absolute Gasteiger partial charge is 0.226 e. The molecule has 2 aliphatic carbocycles. The molecule has 3 heterocycles. The minimum atomic E-state index is 0.134. The molecule has 7 heteroatoms. The van der Waals surface area contributed by atoms with E-state index in [1.54, 1.807) is 6.20 Å². The zero-order valence-electron chi connectivity index (χ0n) is 18.0. The van der Waals surface area contributed by atoms with Crippen molar-refractivity contribution in [3.63, 3.8) is 0 Å². The first-order valence-electron chi connectivity index (χ1n) is 11.7. The van der Waals surface area contributed by atoms with Gasteiger partial charge in [-0.2, -0.15) is 5.10 Å². The molecule has 1 saturated heterocycles. The molecule has 2 atom stereocenters. The van der Waals surface area contributed by atoms with Gasteiger partial charge in [-0.1, -0.05) is 12.2 Å². The van der Waals surface area contributed by atoms with Crippen molar-refractivity contribution < 1.29 is 9.59 Å². The summed E-state index contributed by atoms with van der Waals surface area (Å²) in [5, 5.41) is 9.01. The highest BCUT2D eigenvalue weighted by Crippen LogP contribution is 2.33. The number of likely N-dealkylation sites (tertiary alicyclic amines) is 1. The fourth-order valence-corrected chi connectivity index (χ4v) is 4.94. The lowest BCUT2D eigenvalue weighted by molar-refractivity contribution is -0.137. The first-order valence-corrected chi connectivity index (χ1v) is 11.7. The van der Waals surface area contributed by atoms with E-state index in [1.165, 1.54) is 0 Å². The molecule has 1 aliphatic heterocycles. The number of fused-ring (bicyclic) bond motifs is 1. The number of allylic oxidation sites excluding steroid dienone is 2. The molecule has 164 valence electrons. The van der Waals surface area contributed by atoms with Gasteiger partial charge in [0.2, 0.25) is 11.8 Å². The van der Waals surface area contributed by atoms with Gasteiger partial charge in [0.05, 0.1) is 12.2 Å². The summed E-state index contributed by atoms with van der Waals surface area (Å²) in [7, 11) is 0. The number of hydrogen-bond acceptors (Lipinski definition) is 4. The number of aromatic nitrogens is 3. The number of nitrogens with zero attached hydrogens (tertiary/aromatic N) is 4. The molecular formula is C24H31N5O2. The summed E-state index contributed by atoms with van der Waals surface area (Å²) in [5.74, 6) is 1.04. The number of carbonyl (C=O) groups excluding carboxylic acids is 2. The van der Waals surface area contributed by atoms with Crippen LogP contribution in [-0.4, -0.2) is 51.1 Å². The zero-order chi connectivity index (χ0) is 21.2. The van der Waals surface area contributed by atoms with Crippen molar-refractivity contribution in [3.8, 4) is 0 Å². The fourth-order valence-electron chi connectivity index (χ4n) is 4.94. The Labute approximate surface area is 182 Å². The number of hydrogen-bond donors (Lipinski definition) is 1. The molecule has 2 aromatic rings. The van der Waals surface area contributed by atoms with Gasteiger partial charge < -0.3 is 10.2 Å². The number of carbonyl (C=O) groups is 2. The summed E-state index contributed by atoms with van der Waals surface area (Å²) in [6.07, 6.45) is 13.0. The Bertz CT molecular complexity index is 993. The molecular weight excluding hydrogens is 390 g/mol. The molecule has 1 saturated carbocycles. The predicted molar refractivity (Wildman–Crippen MR) is 118 cm³/mol. The summed E-state index contributed by atoms with van der Waals surface area (Å²) in [6.45, 7) is 2.75. The summed E-state index contributed by atoms with van der Waals surface area (Å²) in [5.41, 5.74) is 1.90. The van der Waals surface area contributed by atoms with Crippen molar-refractivity contribution in [2.24, 2.45) is 11.8 Å². The lowest BCUT2D eigenvalue weighted by atomic mass is 9.89. The van der Waals surface area contributed by atoms with E-state index in [0.29, 0.717) is 19.0 Å². The highest BCUT2D eigenvalue weighted by atomic mass is 16.2. The molecule has 31 heavy (non-hydrogen) atoms.